The molecule has 0 amide bonds. The lowest BCUT2D eigenvalue weighted by atomic mass is 9.94. The van der Waals surface area contributed by atoms with E-state index in [0.29, 0.717) is 24.6 Å². The molecule has 4 unspecified atom stereocenters. The summed E-state index contributed by atoms with van der Waals surface area (Å²) in [5.74, 6) is 0.536. The Morgan fingerprint density at radius 3 is 2.95 bits per heavy atom. The summed E-state index contributed by atoms with van der Waals surface area (Å²) in [4.78, 5) is 2.44. The first-order valence-corrected chi connectivity index (χ1v) is 7.52. The number of aliphatic hydroxyl groups is 1. The second-order valence-electron chi connectivity index (χ2n) is 5.73. The average Bonchev–Trinajstić information content (AvgIpc) is 2.43. The van der Waals surface area contributed by atoms with Crippen molar-refractivity contribution in [1.82, 2.24) is 10.2 Å². The third-order valence-corrected chi connectivity index (χ3v) is 4.25. The van der Waals surface area contributed by atoms with E-state index in [2.05, 4.69) is 24.1 Å². The van der Waals surface area contributed by atoms with Crippen LogP contribution in [-0.4, -0.2) is 74.3 Å². The molecule has 0 aromatic carbocycles. The van der Waals surface area contributed by atoms with Crippen LogP contribution in [0.2, 0.25) is 0 Å². The summed E-state index contributed by atoms with van der Waals surface area (Å²) >= 11 is 0. The van der Waals surface area contributed by atoms with E-state index in [9.17, 15) is 5.11 Å². The van der Waals surface area contributed by atoms with E-state index in [1.165, 1.54) is 0 Å². The first-order valence-electron chi connectivity index (χ1n) is 7.52. The van der Waals surface area contributed by atoms with E-state index in [4.69, 9.17) is 9.47 Å². The quantitative estimate of drug-likeness (QED) is 0.742. The molecule has 0 spiro atoms. The molecule has 0 aromatic rings. The van der Waals surface area contributed by atoms with Gasteiger partial charge in [-0.25, -0.2) is 0 Å². The van der Waals surface area contributed by atoms with Crippen LogP contribution in [0.5, 0.6) is 0 Å². The van der Waals surface area contributed by atoms with Crippen LogP contribution < -0.4 is 5.32 Å². The van der Waals surface area contributed by atoms with Crippen LogP contribution in [0.25, 0.3) is 0 Å². The fraction of sp³-hybridized carbons (Fsp3) is 1.00. The van der Waals surface area contributed by atoms with Gasteiger partial charge in [-0.1, -0.05) is 6.92 Å². The minimum atomic E-state index is -0.0294. The van der Waals surface area contributed by atoms with Crippen molar-refractivity contribution in [2.24, 2.45) is 5.92 Å². The summed E-state index contributed by atoms with van der Waals surface area (Å²) in [5, 5.41) is 12.8. The maximum atomic E-state index is 9.25. The summed E-state index contributed by atoms with van der Waals surface area (Å²) in [5.41, 5.74) is 0. The van der Waals surface area contributed by atoms with Crippen molar-refractivity contribution in [2.45, 2.75) is 38.5 Å². The third-order valence-electron chi connectivity index (χ3n) is 4.25. The Balaban J connectivity index is 1.89. The molecule has 0 aliphatic carbocycles. The van der Waals surface area contributed by atoms with Crippen molar-refractivity contribution in [3.63, 3.8) is 0 Å². The highest BCUT2D eigenvalue weighted by Crippen LogP contribution is 2.20. The minimum absolute atomic E-state index is 0.0294. The molecule has 0 aromatic heterocycles. The first-order chi connectivity index (χ1) is 9.24. The summed E-state index contributed by atoms with van der Waals surface area (Å²) in [6, 6.07) is 0.980. The smallest absolute Gasteiger partial charge is 0.0933 e. The largest absolute Gasteiger partial charge is 0.394 e. The van der Waals surface area contributed by atoms with Gasteiger partial charge in [-0.3, -0.25) is 4.90 Å². The van der Waals surface area contributed by atoms with Crippen molar-refractivity contribution in [3.8, 4) is 0 Å². The van der Waals surface area contributed by atoms with Crippen molar-refractivity contribution in [1.29, 1.82) is 0 Å². The highest BCUT2D eigenvalue weighted by molar-refractivity contribution is 4.85. The molecule has 5 nitrogen and oxygen atoms in total. The molecule has 2 aliphatic rings. The Hall–Kier alpha value is -0.200. The number of rotatable bonds is 5. The van der Waals surface area contributed by atoms with Gasteiger partial charge in [-0.15, -0.1) is 0 Å². The molecular formula is C14H28N2O3. The zero-order chi connectivity index (χ0) is 13.7. The second-order valence-corrected chi connectivity index (χ2v) is 5.73. The zero-order valence-corrected chi connectivity index (χ0v) is 12.2. The second kappa shape index (κ2) is 7.55. The summed E-state index contributed by atoms with van der Waals surface area (Å²) in [6.45, 7) is 9.75. The van der Waals surface area contributed by atoms with E-state index in [-0.39, 0.29) is 12.7 Å². The molecule has 112 valence electrons. The van der Waals surface area contributed by atoms with Gasteiger partial charge in [-0.05, 0) is 19.9 Å². The Morgan fingerprint density at radius 1 is 1.37 bits per heavy atom. The van der Waals surface area contributed by atoms with Gasteiger partial charge in [-0.2, -0.15) is 0 Å². The molecule has 0 saturated carbocycles. The van der Waals surface area contributed by atoms with Crippen LogP contribution in [0.15, 0.2) is 0 Å². The van der Waals surface area contributed by atoms with E-state index in [1.54, 1.807) is 0 Å². The SMILES string of the molecule is CCNC1CCOCC1CN1CC(CO)OCC1C. The maximum absolute atomic E-state index is 9.25. The molecule has 2 rings (SSSR count). The Bertz CT molecular complexity index is 263. The van der Waals surface area contributed by atoms with E-state index in [0.717, 1.165) is 39.3 Å². The van der Waals surface area contributed by atoms with Crippen molar-refractivity contribution >= 4 is 0 Å². The molecule has 2 fully saturated rings. The third kappa shape index (κ3) is 4.13. The molecule has 2 N–H and O–H groups in total. The number of ether oxygens (including phenoxy) is 2. The zero-order valence-electron chi connectivity index (χ0n) is 12.2. The van der Waals surface area contributed by atoms with Gasteiger partial charge in [0.1, 0.15) is 0 Å². The van der Waals surface area contributed by atoms with Gasteiger partial charge in [0.15, 0.2) is 0 Å². The normalized spacial score (nSPS) is 37.4. The molecule has 2 saturated heterocycles. The number of morpholine rings is 1. The molecule has 5 heteroatoms. The lowest BCUT2D eigenvalue weighted by molar-refractivity contribution is -0.0895. The van der Waals surface area contributed by atoms with Gasteiger partial charge >= 0.3 is 0 Å². The van der Waals surface area contributed by atoms with Crippen LogP contribution >= 0.6 is 0 Å². The predicted molar refractivity (Wildman–Crippen MR) is 74.3 cm³/mol. The number of nitrogens with zero attached hydrogens (tertiary/aromatic N) is 1. The topological polar surface area (TPSA) is 54.0 Å². The van der Waals surface area contributed by atoms with Crippen molar-refractivity contribution in [3.05, 3.63) is 0 Å². The number of hydrogen-bond donors (Lipinski definition) is 2. The predicted octanol–water partition coefficient (Wildman–Crippen LogP) is 0.0826. The standard InChI is InChI=1S/C14H28N2O3/c1-3-15-14-4-5-18-10-12(14)6-16-7-13(8-17)19-9-11(16)2/h11-15,17H,3-10H2,1-2H3. The Labute approximate surface area is 116 Å². The summed E-state index contributed by atoms with van der Waals surface area (Å²) in [7, 11) is 0. The minimum Gasteiger partial charge on any atom is -0.394 e. The lowest BCUT2D eigenvalue weighted by Gasteiger charge is -2.42. The molecule has 2 aliphatic heterocycles. The average molecular weight is 272 g/mol. The molecule has 0 bridgehead atoms. The van der Waals surface area contributed by atoms with E-state index < -0.39 is 0 Å². The van der Waals surface area contributed by atoms with Crippen LogP contribution in [0.3, 0.4) is 0 Å². The highest BCUT2D eigenvalue weighted by atomic mass is 16.5. The van der Waals surface area contributed by atoms with E-state index in [1.807, 2.05) is 0 Å². The molecular weight excluding hydrogens is 244 g/mol. The van der Waals surface area contributed by atoms with Gasteiger partial charge in [0.2, 0.25) is 0 Å². The molecule has 19 heavy (non-hydrogen) atoms. The first kappa shape index (κ1) is 15.2. The monoisotopic (exact) mass is 272 g/mol. The van der Waals surface area contributed by atoms with Crippen LogP contribution in [0.4, 0.5) is 0 Å². The van der Waals surface area contributed by atoms with Crippen molar-refractivity contribution in [2.75, 3.05) is 46.1 Å². The Kier molecular flexibility index (Phi) is 6.04. The maximum Gasteiger partial charge on any atom is 0.0933 e. The summed E-state index contributed by atoms with van der Waals surface area (Å²) in [6.07, 6.45) is 1.07. The molecule has 4 atom stereocenters. The van der Waals surface area contributed by atoms with Crippen molar-refractivity contribution < 1.29 is 14.6 Å². The van der Waals surface area contributed by atoms with Gasteiger partial charge in [0.25, 0.3) is 0 Å². The van der Waals surface area contributed by atoms with Gasteiger partial charge in [0, 0.05) is 37.7 Å². The number of hydrogen-bond acceptors (Lipinski definition) is 5. The fourth-order valence-corrected chi connectivity index (χ4v) is 3.05. The highest BCUT2D eigenvalue weighted by Gasteiger charge is 2.31. The lowest BCUT2D eigenvalue weighted by Crippen LogP contribution is -2.54. The molecule has 0 radical (unpaired) electrons. The molecule has 2 heterocycles. The number of aliphatic hydroxyl groups excluding tert-OH is 1. The summed E-state index contributed by atoms with van der Waals surface area (Å²) < 4.78 is 11.2. The fourth-order valence-electron chi connectivity index (χ4n) is 3.05. The number of nitrogens with one attached hydrogen (secondary N) is 1. The van der Waals surface area contributed by atoms with Gasteiger partial charge < -0.3 is 19.9 Å². The Morgan fingerprint density at radius 2 is 2.21 bits per heavy atom. The van der Waals surface area contributed by atoms with Gasteiger partial charge in [0.05, 0.1) is 25.9 Å². The van der Waals surface area contributed by atoms with Crippen LogP contribution in [-0.2, 0) is 9.47 Å². The van der Waals surface area contributed by atoms with Crippen LogP contribution in [0, 0.1) is 5.92 Å². The van der Waals surface area contributed by atoms with E-state index >= 15 is 0 Å². The van der Waals surface area contributed by atoms with Crippen LogP contribution in [0.1, 0.15) is 20.3 Å².